The van der Waals surface area contributed by atoms with Gasteiger partial charge in [0, 0.05) is 12.3 Å². The minimum Gasteiger partial charge on any atom is -0.461 e. The lowest BCUT2D eigenvalue weighted by molar-refractivity contribution is -0.144. The van der Waals surface area contributed by atoms with Crippen molar-refractivity contribution in [3.8, 4) is 0 Å². The van der Waals surface area contributed by atoms with E-state index in [4.69, 9.17) is 4.74 Å². The fraction of sp³-hybridized carbons (Fsp3) is 0.800. The van der Waals surface area contributed by atoms with Crippen molar-refractivity contribution in [2.24, 2.45) is 23.2 Å². The van der Waals surface area contributed by atoms with Crippen LogP contribution in [0.15, 0.2) is 11.6 Å². The van der Waals surface area contributed by atoms with Crippen LogP contribution in [0.1, 0.15) is 40.0 Å². The second-order valence-corrected chi connectivity index (χ2v) is 6.65. The number of rotatable bonds is 0. The highest BCUT2D eigenvalue weighted by molar-refractivity contribution is 5.75. The van der Waals surface area contributed by atoms with E-state index in [1.54, 1.807) is 0 Å². The van der Waals surface area contributed by atoms with E-state index >= 15 is 0 Å². The summed E-state index contributed by atoms with van der Waals surface area (Å²) in [7, 11) is 0. The highest BCUT2D eigenvalue weighted by Crippen LogP contribution is 2.55. The number of aliphatic hydroxyl groups is 1. The molecule has 4 heteroatoms. The van der Waals surface area contributed by atoms with Crippen LogP contribution >= 0.6 is 0 Å². The molecule has 0 spiro atoms. The predicted molar refractivity (Wildman–Crippen MR) is 71.4 cm³/mol. The quantitative estimate of drug-likeness (QED) is 0.533. The fourth-order valence-corrected chi connectivity index (χ4v) is 4.11. The molecular formula is C15H24O4. The molecule has 1 saturated carbocycles. The third kappa shape index (κ3) is 2.01. The first kappa shape index (κ1) is 14.5. The van der Waals surface area contributed by atoms with Crippen LogP contribution in [0.5, 0.6) is 0 Å². The minimum atomic E-state index is -0.325. The number of aliphatic hydroxyl groups excluding tert-OH is 1. The van der Waals surface area contributed by atoms with Gasteiger partial charge in [0.1, 0.15) is 6.10 Å². The first-order valence-electron chi connectivity index (χ1n) is 7.01. The minimum absolute atomic E-state index is 0. The van der Waals surface area contributed by atoms with Crippen molar-refractivity contribution in [2.45, 2.75) is 52.2 Å². The molecule has 0 aromatic rings. The molecule has 0 aromatic heterocycles. The zero-order valence-corrected chi connectivity index (χ0v) is 11.8. The van der Waals surface area contributed by atoms with Crippen LogP contribution in [-0.4, -0.2) is 28.8 Å². The molecule has 3 N–H and O–H groups in total. The number of fused-ring (bicyclic) bond motifs is 2. The molecule has 0 aromatic carbocycles. The maximum atomic E-state index is 11.7. The lowest BCUT2D eigenvalue weighted by atomic mass is 9.56. The summed E-state index contributed by atoms with van der Waals surface area (Å²) >= 11 is 0. The molecule has 6 atom stereocenters. The Balaban J connectivity index is 0.00000133. The molecule has 3 rings (SSSR count). The van der Waals surface area contributed by atoms with Gasteiger partial charge in [-0.15, -0.1) is 0 Å². The Morgan fingerprint density at radius 3 is 2.79 bits per heavy atom. The molecule has 3 aliphatic rings. The number of carbonyl (C=O) groups is 1. The van der Waals surface area contributed by atoms with Crippen molar-refractivity contribution >= 4 is 5.97 Å². The summed E-state index contributed by atoms with van der Waals surface area (Å²) in [6, 6.07) is 0. The van der Waals surface area contributed by atoms with Crippen molar-refractivity contribution in [2.75, 3.05) is 0 Å². The van der Waals surface area contributed by atoms with Gasteiger partial charge in [0.2, 0.25) is 0 Å². The summed E-state index contributed by atoms with van der Waals surface area (Å²) in [4.78, 5) is 11.7. The summed E-state index contributed by atoms with van der Waals surface area (Å²) in [6.07, 6.45) is 4.40. The summed E-state index contributed by atoms with van der Waals surface area (Å²) in [6.45, 7) is 6.51. The van der Waals surface area contributed by atoms with E-state index in [9.17, 15) is 9.90 Å². The topological polar surface area (TPSA) is 78.0 Å². The van der Waals surface area contributed by atoms with Crippen LogP contribution in [0.2, 0.25) is 0 Å². The van der Waals surface area contributed by atoms with Crippen molar-refractivity contribution in [1.29, 1.82) is 0 Å². The largest absolute Gasteiger partial charge is 0.461 e. The Labute approximate surface area is 114 Å². The summed E-state index contributed by atoms with van der Waals surface area (Å²) in [5.74, 6) is 0.821. The Morgan fingerprint density at radius 1 is 1.42 bits per heavy atom. The van der Waals surface area contributed by atoms with Gasteiger partial charge < -0.3 is 15.3 Å². The zero-order chi connectivity index (χ0) is 13.1. The SMILES string of the molecule is C[C@H]1C(=O)O[C@@H]2CC3=C[C@@H](O)C[C@H](C)[C@@]3(C)C[C@@H]21.O. The van der Waals surface area contributed by atoms with Crippen molar-refractivity contribution in [3.05, 3.63) is 11.6 Å². The monoisotopic (exact) mass is 268 g/mol. The average molecular weight is 268 g/mol. The van der Waals surface area contributed by atoms with Gasteiger partial charge in [-0.3, -0.25) is 4.79 Å². The molecule has 2 aliphatic carbocycles. The first-order valence-corrected chi connectivity index (χ1v) is 7.01. The van der Waals surface area contributed by atoms with Crippen LogP contribution in [0.3, 0.4) is 0 Å². The maximum Gasteiger partial charge on any atom is 0.309 e. The molecule has 1 aliphatic heterocycles. The molecule has 0 unspecified atom stereocenters. The normalized spacial score (nSPS) is 48.5. The zero-order valence-electron chi connectivity index (χ0n) is 11.8. The van der Waals surface area contributed by atoms with Gasteiger partial charge in [-0.25, -0.2) is 0 Å². The van der Waals surface area contributed by atoms with Gasteiger partial charge in [-0.05, 0) is 24.2 Å². The highest BCUT2D eigenvalue weighted by Gasteiger charge is 2.53. The standard InChI is InChI=1S/C15H22O3.H2O/c1-8-4-11(16)5-10-6-13-12(7-15(8,10)3)9(2)14(17)18-13;/h5,8-9,11-13,16H,4,6-7H2,1-3H3;1H2/t8-,9+,11-,12+,13+,15+;/m0./s1. The van der Waals surface area contributed by atoms with E-state index in [1.165, 1.54) is 5.57 Å². The van der Waals surface area contributed by atoms with E-state index < -0.39 is 0 Å². The van der Waals surface area contributed by atoms with Gasteiger partial charge in [0.25, 0.3) is 0 Å². The highest BCUT2D eigenvalue weighted by atomic mass is 16.6. The molecule has 0 bridgehead atoms. The van der Waals surface area contributed by atoms with Gasteiger partial charge in [0.15, 0.2) is 0 Å². The Morgan fingerprint density at radius 2 is 2.11 bits per heavy atom. The summed E-state index contributed by atoms with van der Waals surface area (Å²) in [5, 5.41) is 9.89. The van der Waals surface area contributed by atoms with Crippen molar-refractivity contribution in [3.63, 3.8) is 0 Å². The van der Waals surface area contributed by atoms with Crippen LogP contribution in [0.4, 0.5) is 0 Å². The summed E-state index contributed by atoms with van der Waals surface area (Å²) < 4.78 is 5.48. The third-order valence-corrected chi connectivity index (χ3v) is 5.65. The van der Waals surface area contributed by atoms with Gasteiger partial charge in [0.05, 0.1) is 12.0 Å². The number of esters is 1. The van der Waals surface area contributed by atoms with Crippen LogP contribution in [0, 0.1) is 23.2 Å². The number of ether oxygens (including phenoxy) is 1. The smallest absolute Gasteiger partial charge is 0.309 e. The maximum absolute atomic E-state index is 11.7. The van der Waals surface area contributed by atoms with Crippen LogP contribution in [-0.2, 0) is 9.53 Å². The van der Waals surface area contributed by atoms with E-state index in [2.05, 4.69) is 13.8 Å². The van der Waals surface area contributed by atoms with Gasteiger partial charge in [-0.2, -0.15) is 0 Å². The lowest BCUT2D eigenvalue weighted by Crippen LogP contribution is -2.43. The Kier molecular flexibility index (Phi) is 3.52. The third-order valence-electron chi connectivity index (χ3n) is 5.65. The average Bonchev–Trinajstić information content (AvgIpc) is 2.54. The van der Waals surface area contributed by atoms with E-state index in [-0.39, 0.29) is 35.0 Å². The van der Waals surface area contributed by atoms with Crippen LogP contribution < -0.4 is 0 Å². The number of hydrogen-bond donors (Lipinski definition) is 1. The molecule has 2 fully saturated rings. The van der Waals surface area contributed by atoms with Gasteiger partial charge in [-0.1, -0.05) is 32.4 Å². The molecule has 4 nitrogen and oxygen atoms in total. The fourth-order valence-electron chi connectivity index (χ4n) is 4.11. The molecule has 19 heavy (non-hydrogen) atoms. The van der Waals surface area contributed by atoms with Gasteiger partial charge >= 0.3 is 5.97 Å². The van der Waals surface area contributed by atoms with E-state index in [1.807, 2.05) is 13.0 Å². The van der Waals surface area contributed by atoms with Crippen LogP contribution in [0.25, 0.3) is 0 Å². The predicted octanol–water partition coefficient (Wildman–Crippen LogP) is 1.47. The lowest BCUT2D eigenvalue weighted by Gasteiger charge is -2.49. The first-order chi connectivity index (χ1) is 8.41. The second kappa shape index (κ2) is 4.60. The second-order valence-electron chi connectivity index (χ2n) is 6.65. The molecule has 0 amide bonds. The molecule has 0 radical (unpaired) electrons. The molecule has 1 saturated heterocycles. The molecule has 108 valence electrons. The summed E-state index contributed by atoms with van der Waals surface area (Å²) in [5.41, 5.74) is 1.44. The number of hydrogen-bond acceptors (Lipinski definition) is 3. The van der Waals surface area contributed by atoms with E-state index in [0.29, 0.717) is 11.8 Å². The van der Waals surface area contributed by atoms with Crippen molar-refractivity contribution in [1.82, 2.24) is 0 Å². The van der Waals surface area contributed by atoms with E-state index in [0.717, 1.165) is 19.3 Å². The number of carbonyl (C=O) groups excluding carboxylic acids is 1. The molecule has 1 heterocycles. The Bertz CT molecular complexity index is 416. The Hall–Kier alpha value is -0.870. The van der Waals surface area contributed by atoms with Crippen molar-refractivity contribution < 1.29 is 20.1 Å². The molecular weight excluding hydrogens is 244 g/mol.